The van der Waals surface area contributed by atoms with Crippen LogP contribution < -0.4 is 14.8 Å². The molecular weight excluding hydrogens is 943 g/mol. The van der Waals surface area contributed by atoms with Crippen LogP contribution in [0.5, 0.6) is 5.75 Å². The van der Waals surface area contributed by atoms with E-state index in [1.54, 1.807) is 20.8 Å². The molecule has 5 rings (SSSR count). The van der Waals surface area contributed by atoms with E-state index in [0.717, 1.165) is 25.1 Å². The van der Waals surface area contributed by atoms with Gasteiger partial charge in [0.05, 0.1) is 29.7 Å². The number of ether oxygens (including phenoxy) is 1. The lowest BCUT2D eigenvalue weighted by molar-refractivity contribution is -0.382. The first-order chi connectivity index (χ1) is 29.8. The zero-order valence-corrected chi connectivity index (χ0v) is 35.7. The van der Waals surface area contributed by atoms with Crippen molar-refractivity contribution in [3.8, 4) is 5.75 Å². The lowest BCUT2D eigenvalue weighted by Gasteiger charge is -2.33. The SMILES string of the molecule is C[C@H](NC(=O)[C@@H]1C[C@@H](F)CN1C(=O)CNC(=O)c1ccc2cc(F)ccc2n1)c1cc(C2=CCCN(C(=O)OC(C)(C)C)C2)c(Cl)cc1OS(=O)(=O)C(F)(F)C(F)(F)C(F)(F)C(F)(F)F. The molecule has 2 aliphatic rings. The number of alkyl halides is 10. The van der Waals surface area contributed by atoms with Gasteiger partial charge >= 0.3 is 39.5 Å². The van der Waals surface area contributed by atoms with E-state index >= 15 is 0 Å². The van der Waals surface area contributed by atoms with Crippen molar-refractivity contribution in [2.75, 3.05) is 26.2 Å². The van der Waals surface area contributed by atoms with Gasteiger partial charge in [0.2, 0.25) is 11.8 Å². The van der Waals surface area contributed by atoms with E-state index in [9.17, 15) is 75.9 Å². The molecule has 0 unspecified atom stereocenters. The highest BCUT2D eigenvalue weighted by molar-refractivity contribution is 7.88. The van der Waals surface area contributed by atoms with Crippen LogP contribution in [0.4, 0.5) is 53.1 Å². The first-order valence-electron chi connectivity index (χ1n) is 19.0. The second-order valence-electron chi connectivity index (χ2n) is 15.8. The monoisotopic (exact) mass is 979 g/mol. The summed E-state index contributed by atoms with van der Waals surface area (Å²) in [6.45, 7) is 4.00. The summed E-state index contributed by atoms with van der Waals surface area (Å²) in [4.78, 5) is 58.7. The van der Waals surface area contributed by atoms with Gasteiger partial charge in [-0.1, -0.05) is 23.7 Å². The fourth-order valence-electron chi connectivity index (χ4n) is 6.61. The number of benzene rings is 2. The highest BCUT2D eigenvalue weighted by atomic mass is 35.5. The molecule has 2 aliphatic heterocycles. The van der Waals surface area contributed by atoms with Crippen LogP contribution in [-0.2, 0) is 24.4 Å². The molecule has 0 bridgehead atoms. The van der Waals surface area contributed by atoms with Crippen LogP contribution in [-0.4, -0.2) is 114 Å². The summed E-state index contributed by atoms with van der Waals surface area (Å²) in [6.07, 6.45) is -9.08. The second kappa shape index (κ2) is 18.1. The van der Waals surface area contributed by atoms with Gasteiger partial charge in [-0.25, -0.2) is 18.6 Å². The molecule has 1 aromatic heterocycles. The third-order valence-corrected chi connectivity index (χ3v) is 11.5. The van der Waals surface area contributed by atoms with E-state index in [-0.39, 0.29) is 41.9 Å². The number of hydrogen-bond donors (Lipinski definition) is 2. The molecule has 1 saturated heterocycles. The third kappa shape index (κ3) is 10.5. The summed E-state index contributed by atoms with van der Waals surface area (Å²) in [5.41, 5.74) is -1.70. The van der Waals surface area contributed by atoms with Crippen molar-refractivity contribution in [1.29, 1.82) is 0 Å². The van der Waals surface area contributed by atoms with Gasteiger partial charge in [-0.15, -0.1) is 0 Å². The highest BCUT2D eigenvalue weighted by Gasteiger charge is 2.86. The maximum Gasteiger partial charge on any atom is 0.460 e. The Morgan fingerprint density at radius 1 is 0.954 bits per heavy atom. The average Bonchev–Trinajstić information content (AvgIpc) is 3.60. The molecule has 4 amide bonds. The highest BCUT2D eigenvalue weighted by Crippen LogP contribution is 2.55. The Kier molecular flexibility index (Phi) is 14.1. The molecule has 1 fully saturated rings. The number of carbonyl (C=O) groups excluding carboxylic acids is 4. The predicted octanol–water partition coefficient (Wildman–Crippen LogP) is 7.73. The lowest BCUT2D eigenvalue weighted by atomic mass is 9.96. The number of halogens is 12. The van der Waals surface area contributed by atoms with Crippen molar-refractivity contribution in [2.45, 2.75) is 87.7 Å². The molecule has 3 heterocycles. The molecule has 0 aliphatic carbocycles. The fourth-order valence-corrected chi connectivity index (χ4v) is 7.81. The zero-order valence-electron chi connectivity index (χ0n) is 34.1. The Bertz CT molecular complexity index is 2520. The summed E-state index contributed by atoms with van der Waals surface area (Å²) in [7, 11) is -7.55. The maximum atomic E-state index is 14.9. The summed E-state index contributed by atoms with van der Waals surface area (Å²) in [5, 5.41) is -3.08. The summed E-state index contributed by atoms with van der Waals surface area (Å²) < 4.78 is 188. The van der Waals surface area contributed by atoms with Crippen molar-refractivity contribution in [1.82, 2.24) is 25.4 Å². The zero-order chi connectivity index (χ0) is 48.8. The number of aromatic nitrogens is 1. The number of pyridine rings is 1. The van der Waals surface area contributed by atoms with Crippen LogP contribution in [0, 0.1) is 5.82 Å². The minimum Gasteiger partial charge on any atom is -0.444 e. The maximum absolute atomic E-state index is 14.9. The Balaban J connectivity index is 1.44. The molecule has 2 N–H and O–H groups in total. The Morgan fingerprint density at radius 2 is 1.62 bits per heavy atom. The molecule has 65 heavy (non-hydrogen) atoms. The normalized spacial score (nSPS) is 18.2. The first kappa shape index (κ1) is 50.5. The number of fused-ring (bicyclic) bond motifs is 1. The first-order valence-corrected chi connectivity index (χ1v) is 20.8. The van der Waals surface area contributed by atoms with Crippen LogP contribution in [0.2, 0.25) is 5.02 Å². The predicted molar refractivity (Wildman–Crippen MR) is 208 cm³/mol. The molecule has 0 spiro atoms. The molecule has 13 nitrogen and oxygen atoms in total. The minimum atomic E-state index is -7.67. The van der Waals surface area contributed by atoms with E-state index in [1.165, 1.54) is 29.2 Å². The lowest BCUT2D eigenvalue weighted by Crippen LogP contribution is -2.63. The average molecular weight is 980 g/mol. The number of likely N-dealkylation sites (tertiary alicyclic amines) is 1. The van der Waals surface area contributed by atoms with Gasteiger partial charge < -0.3 is 29.4 Å². The van der Waals surface area contributed by atoms with Crippen LogP contribution >= 0.6 is 11.6 Å². The largest absolute Gasteiger partial charge is 0.460 e. The van der Waals surface area contributed by atoms with E-state index < -0.39 is 123 Å². The van der Waals surface area contributed by atoms with Crippen LogP contribution in [0.1, 0.15) is 68.2 Å². The summed E-state index contributed by atoms with van der Waals surface area (Å²) in [6, 6.07) is 3.94. The summed E-state index contributed by atoms with van der Waals surface area (Å²) >= 11 is 6.36. The number of hydrogen-bond acceptors (Lipinski definition) is 9. The van der Waals surface area contributed by atoms with Crippen molar-refractivity contribution in [3.63, 3.8) is 0 Å². The van der Waals surface area contributed by atoms with Crippen LogP contribution in [0.25, 0.3) is 16.5 Å². The van der Waals surface area contributed by atoms with Gasteiger partial charge in [0.1, 0.15) is 35.1 Å². The number of nitrogens with one attached hydrogen (secondary N) is 2. The van der Waals surface area contributed by atoms with E-state index in [2.05, 4.69) is 19.8 Å². The van der Waals surface area contributed by atoms with Gasteiger partial charge in [-0.05, 0) is 75.6 Å². The van der Waals surface area contributed by atoms with Crippen molar-refractivity contribution >= 4 is 62.0 Å². The molecule has 2 aromatic carbocycles. The van der Waals surface area contributed by atoms with E-state index in [4.69, 9.17) is 16.3 Å². The Hall–Kier alpha value is -5.46. The van der Waals surface area contributed by atoms with Crippen molar-refractivity contribution in [2.24, 2.45) is 0 Å². The quantitative estimate of drug-likeness (QED) is 0.137. The molecule has 0 radical (unpaired) electrons. The molecule has 26 heteroatoms. The molecular formula is C39H37ClF11N5O8S. The fraction of sp³-hybridized carbons (Fsp3) is 0.462. The smallest absolute Gasteiger partial charge is 0.444 e. The van der Waals surface area contributed by atoms with Crippen molar-refractivity contribution in [3.05, 3.63) is 76.2 Å². The van der Waals surface area contributed by atoms with Gasteiger partial charge in [0, 0.05) is 36.5 Å². The number of carbonyl (C=O) groups is 4. The number of nitrogens with zero attached hydrogens (tertiary/aromatic N) is 3. The number of amides is 4. The second-order valence-corrected chi connectivity index (χ2v) is 17.8. The van der Waals surface area contributed by atoms with Crippen LogP contribution in [0.15, 0.2) is 48.5 Å². The molecule has 0 saturated carbocycles. The number of rotatable bonds is 12. The van der Waals surface area contributed by atoms with Crippen LogP contribution in [0.3, 0.4) is 0 Å². The standard InChI is InChI=1S/C39H37ClF11N5O8S/c1-19(53-33(59)29-13-23(42)18-56(29)31(57)16-52-32(58)28-9-7-20-12-22(41)8-10-27(20)54-28)24-14-25(21-6-5-11-55(17-21)34(60)63-35(2,3)4)26(40)15-30(24)64-65(61,62)39(50,51)37(45,46)36(43,44)38(47,48)49/h6-10,12,14-15,19,23,29H,5,11,13,16-18H2,1-4H3,(H,52,58)(H,53,59)/t19-,23+,29-/m0/s1. The van der Waals surface area contributed by atoms with Gasteiger partial charge in [0.15, 0.2) is 0 Å². The van der Waals surface area contributed by atoms with Gasteiger partial charge in [-0.3, -0.25) is 14.4 Å². The van der Waals surface area contributed by atoms with Gasteiger partial charge in [-0.2, -0.15) is 47.9 Å². The van der Waals surface area contributed by atoms with Gasteiger partial charge in [0.25, 0.3) is 5.91 Å². The Morgan fingerprint density at radius 3 is 2.25 bits per heavy atom. The molecule has 3 aromatic rings. The molecule has 3 atom stereocenters. The van der Waals surface area contributed by atoms with E-state index in [0.29, 0.717) is 16.4 Å². The van der Waals surface area contributed by atoms with Crippen molar-refractivity contribution < 1.29 is 84.8 Å². The van der Waals surface area contributed by atoms with E-state index in [1.807, 2.05) is 0 Å². The molecule has 356 valence electrons. The topological polar surface area (TPSA) is 164 Å². The summed E-state index contributed by atoms with van der Waals surface area (Å²) in [5.74, 6) is -20.5. The third-order valence-electron chi connectivity index (χ3n) is 9.86. The Labute approximate surface area is 367 Å². The minimum absolute atomic E-state index is 0.0964.